The summed E-state index contributed by atoms with van der Waals surface area (Å²) >= 11 is 0. The number of benzene rings is 1. The number of ether oxygens (including phenoxy) is 2. The van der Waals surface area contributed by atoms with Gasteiger partial charge in [0.2, 0.25) is 0 Å². The first-order valence-electron chi connectivity index (χ1n) is 5.50. The molecule has 0 aromatic heterocycles. The van der Waals surface area contributed by atoms with Crippen LogP contribution in [-0.4, -0.2) is 19.3 Å². The third-order valence-electron chi connectivity index (χ3n) is 2.59. The van der Waals surface area contributed by atoms with Gasteiger partial charge in [-0.1, -0.05) is 30.3 Å². The maximum Gasteiger partial charge on any atom is 0.411 e. The van der Waals surface area contributed by atoms with Crippen LogP contribution >= 0.6 is 0 Å². The molecule has 2 rings (SSSR count). The lowest BCUT2D eigenvalue weighted by Crippen LogP contribution is -2.28. The molecule has 0 bridgehead atoms. The molecular weight excluding hydrogens is 218 g/mol. The van der Waals surface area contributed by atoms with Gasteiger partial charge in [0.25, 0.3) is 0 Å². The Labute approximate surface area is 100 Å². The summed E-state index contributed by atoms with van der Waals surface area (Å²) in [7, 11) is 0. The number of amides is 1. The molecule has 0 spiro atoms. The maximum atomic E-state index is 11.5. The Hall–Kier alpha value is -1.81. The summed E-state index contributed by atoms with van der Waals surface area (Å²) in [5, 5.41) is 2.69. The van der Waals surface area contributed by atoms with E-state index < -0.39 is 6.09 Å². The molecule has 0 radical (unpaired) electrons. The second kappa shape index (κ2) is 5.50. The second-order valence-electron chi connectivity index (χ2n) is 3.91. The van der Waals surface area contributed by atoms with Crippen molar-refractivity contribution in [1.82, 2.24) is 5.32 Å². The summed E-state index contributed by atoms with van der Waals surface area (Å²) in [5.74, 6) is 0. The van der Waals surface area contributed by atoms with E-state index in [0.29, 0.717) is 13.2 Å². The number of hydrogen-bond acceptors (Lipinski definition) is 3. The topological polar surface area (TPSA) is 47.6 Å². The van der Waals surface area contributed by atoms with Crippen LogP contribution in [0.5, 0.6) is 0 Å². The van der Waals surface area contributed by atoms with E-state index in [1.54, 1.807) is 0 Å². The van der Waals surface area contributed by atoms with Crippen LogP contribution in [0.2, 0.25) is 0 Å². The average molecular weight is 233 g/mol. The first kappa shape index (κ1) is 11.7. The molecule has 1 aromatic rings. The fourth-order valence-corrected chi connectivity index (χ4v) is 1.42. The van der Waals surface area contributed by atoms with Gasteiger partial charge in [0, 0.05) is 11.3 Å². The molecule has 1 N–H and O–H groups in total. The number of allylic oxidation sites excluding steroid dienone is 1. The average Bonchev–Trinajstić information content (AvgIpc) is 2.25. The van der Waals surface area contributed by atoms with Crippen LogP contribution in [0.1, 0.15) is 12.5 Å². The van der Waals surface area contributed by atoms with Crippen molar-refractivity contribution in [2.45, 2.75) is 13.5 Å². The third kappa shape index (κ3) is 3.32. The molecular formula is C13H15NO3. The summed E-state index contributed by atoms with van der Waals surface area (Å²) in [6.07, 6.45) is -0.425. The van der Waals surface area contributed by atoms with E-state index in [2.05, 4.69) is 5.32 Å². The van der Waals surface area contributed by atoms with Gasteiger partial charge < -0.3 is 9.47 Å². The molecule has 0 aliphatic carbocycles. The molecule has 1 heterocycles. The molecule has 1 fully saturated rings. The van der Waals surface area contributed by atoms with Crippen LogP contribution in [0.4, 0.5) is 4.79 Å². The minimum Gasteiger partial charge on any atom is -0.444 e. The Morgan fingerprint density at radius 2 is 2.06 bits per heavy atom. The minimum absolute atomic E-state index is 0.284. The molecule has 17 heavy (non-hydrogen) atoms. The summed E-state index contributed by atoms with van der Waals surface area (Å²) in [4.78, 5) is 11.5. The number of nitrogens with one attached hydrogen (secondary N) is 1. The van der Waals surface area contributed by atoms with E-state index >= 15 is 0 Å². The van der Waals surface area contributed by atoms with Crippen molar-refractivity contribution >= 4 is 6.09 Å². The second-order valence-corrected chi connectivity index (χ2v) is 3.91. The van der Waals surface area contributed by atoms with Gasteiger partial charge in [-0.25, -0.2) is 4.79 Å². The van der Waals surface area contributed by atoms with Gasteiger partial charge in [-0.05, 0) is 12.5 Å². The van der Waals surface area contributed by atoms with Crippen molar-refractivity contribution in [3.63, 3.8) is 0 Å². The zero-order valence-electron chi connectivity index (χ0n) is 9.73. The molecule has 0 unspecified atom stereocenters. The molecule has 0 saturated carbocycles. The smallest absolute Gasteiger partial charge is 0.411 e. The monoisotopic (exact) mass is 233 g/mol. The zero-order chi connectivity index (χ0) is 12.1. The Morgan fingerprint density at radius 3 is 2.65 bits per heavy atom. The van der Waals surface area contributed by atoms with Gasteiger partial charge in [-0.15, -0.1) is 0 Å². The van der Waals surface area contributed by atoms with Crippen LogP contribution < -0.4 is 5.32 Å². The molecule has 1 saturated heterocycles. The Morgan fingerprint density at radius 1 is 1.35 bits per heavy atom. The SMILES string of the molecule is CC(NC(=O)OCc1ccccc1)=C1COC1. The van der Waals surface area contributed by atoms with Crippen molar-refractivity contribution < 1.29 is 14.3 Å². The number of rotatable bonds is 3. The maximum absolute atomic E-state index is 11.5. The van der Waals surface area contributed by atoms with Gasteiger partial charge in [-0.3, -0.25) is 5.32 Å². The van der Waals surface area contributed by atoms with Gasteiger partial charge in [0.1, 0.15) is 6.61 Å². The van der Waals surface area contributed by atoms with E-state index in [0.717, 1.165) is 16.8 Å². The van der Waals surface area contributed by atoms with E-state index in [-0.39, 0.29) is 6.61 Å². The Kier molecular flexibility index (Phi) is 3.77. The summed E-state index contributed by atoms with van der Waals surface area (Å²) < 4.78 is 10.1. The van der Waals surface area contributed by atoms with Gasteiger partial charge >= 0.3 is 6.09 Å². The zero-order valence-corrected chi connectivity index (χ0v) is 9.73. The molecule has 1 aliphatic heterocycles. The van der Waals surface area contributed by atoms with Gasteiger partial charge in [0.05, 0.1) is 13.2 Å². The fraction of sp³-hybridized carbons (Fsp3) is 0.308. The van der Waals surface area contributed by atoms with Crippen LogP contribution in [0.15, 0.2) is 41.6 Å². The Bertz CT molecular complexity index is 420. The van der Waals surface area contributed by atoms with Crippen LogP contribution in [0.25, 0.3) is 0 Å². The van der Waals surface area contributed by atoms with Crippen LogP contribution in [0.3, 0.4) is 0 Å². The molecule has 0 atom stereocenters. The molecule has 90 valence electrons. The molecule has 4 nitrogen and oxygen atoms in total. The Balaban J connectivity index is 1.78. The highest BCUT2D eigenvalue weighted by Gasteiger charge is 2.14. The van der Waals surface area contributed by atoms with Crippen LogP contribution in [0, 0.1) is 0 Å². The molecule has 4 heteroatoms. The first-order valence-corrected chi connectivity index (χ1v) is 5.50. The predicted octanol–water partition coefficient (Wildman–Crippen LogP) is 2.22. The van der Waals surface area contributed by atoms with Crippen molar-refractivity contribution in [2.24, 2.45) is 0 Å². The summed E-state index contributed by atoms with van der Waals surface area (Å²) in [6.45, 7) is 3.34. The van der Waals surface area contributed by atoms with Crippen molar-refractivity contribution in [2.75, 3.05) is 13.2 Å². The number of alkyl carbamates (subject to hydrolysis) is 1. The van der Waals surface area contributed by atoms with E-state index in [9.17, 15) is 4.79 Å². The highest BCUT2D eigenvalue weighted by Crippen LogP contribution is 2.12. The predicted molar refractivity (Wildman–Crippen MR) is 63.3 cm³/mol. The van der Waals surface area contributed by atoms with Gasteiger partial charge in [-0.2, -0.15) is 0 Å². The lowest BCUT2D eigenvalue weighted by Gasteiger charge is -2.20. The summed E-state index contributed by atoms with van der Waals surface area (Å²) in [5.41, 5.74) is 2.91. The number of carbonyl (C=O) groups excluding carboxylic acids is 1. The van der Waals surface area contributed by atoms with E-state index in [1.165, 1.54) is 0 Å². The molecule has 1 aromatic carbocycles. The van der Waals surface area contributed by atoms with Crippen molar-refractivity contribution in [1.29, 1.82) is 0 Å². The minimum atomic E-state index is -0.425. The quantitative estimate of drug-likeness (QED) is 0.870. The van der Waals surface area contributed by atoms with E-state index in [1.807, 2.05) is 37.3 Å². The summed E-state index contributed by atoms with van der Waals surface area (Å²) in [6, 6.07) is 9.58. The number of carbonyl (C=O) groups is 1. The third-order valence-corrected chi connectivity index (χ3v) is 2.59. The van der Waals surface area contributed by atoms with Crippen LogP contribution in [-0.2, 0) is 16.1 Å². The van der Waals surface area contributed by atoms with Crippen molar-refractivity contribution in [3.05, 3.63) is 47.2 Å². The lowest BCUT2D eigenvalue weighted by atomic mass is 10.2. The highest BCUT2D eigenvalue weighted by molar-refractivity contribution is 5.69. The molecule has 1 aliphatic rings. The van der Waals surface area contributed by atoms with Gasteiger partial charge in [0.15, 0.2) is 0 Å². The fourth-order valence-electron chi connectivity index (χ4n) is 1.42. The number of hydrogen-bond donors (Lipinski definition) is 1. The lowest BCUT2D eigenvalue weighted by molar-refractivity contribution is 0.0991. The normalized spacial score (nSPS) is 13.8. The molecule has 1 amide bonds. The van der Waals surface area contributed by atoms with E-state index in [4.69, 9.17) is 9.47 Å². The first-order chi connectivity index (χ1) is 8.25. The standard InChI is InChI=1S/C13H15NO3/c1-10(12-8-16-9-12)14-13(15)17-7-11-5-3-2-4-6-11/h2-6H,7-9H2,1H3,(H,14,15). The highest BCUT2D eigenvalue weighted by atomic mass is 16.5. The van der Waals surface area contributed by atoms with Crippen molar-refractivity contribution in [3.8, 4) is 0 Å². The largest absolute Gasteiger partial charge is 0.444 e.